The summed E-state index contributed by atoms with van der Waals surface area (Å²) in [5.41, 5.74) is 0. The topological polar surface area (TPSA) is 71.5 Å². The molecule has 0 spiro atoms. The third-order valence-electron chi connectivity index (χ3n) is 3.49. The van der Waals surface area contributed by atoms with Crippen LogP contribution in [0, 0.1) is 0 Å². The summed E-state index contributed by atoms with van der Waals surface area (Å²) in [4.78, 5) is 24.7. The molecule has 1 atom stereocenters. The quantitative estimate of drug-likeness (QED) is 0.672. The number of carbonyl (C=O) groups is 2. The van der Waals surface area contributed by atoms with Crippen molar-refractivity contribution >= 4 is 21.5 Å². The minimum atomic E-state index is -3.26. The van der Waals surface area contributed by atoms with Crippen molar-refractivity contribution in [2.24, 2.45) is 0 Å². The summed E-state index contributed by atoms with van der Waals surface area (Å²) in [7, 11) is -3.26. The highest BCUT2D eigenvalue weighted by atomic mass is 32.2. The van der Waals surface area contributed by atoms with Gasteiger partial charge in [0.2, 0.25) is 5.91 Å². The molecule has 0 bridgehead atoms. The van der Waals surface area contributed by atoms with Crippen LogP contribution in [0.1, 0.15) is 32.1 Å². The number of Topliss-reactive ketones (excluding diaryl/α,β-unsaturated/α-hetero) is 1. The van der Waals surface area contributed by atoms with E-state index in [1.165, 1.54) is 4.90 Å². The van der Waals surface area contributed by atoms with Gasteiger partial charge in [0.15, 0.2) is 9.84 Å². The molecule has 2 fully saturated rings. The fraction of sp³-hybridized carbons (Fsp3) is 0.818. The van der Waals surface area contributed by atoms with Crippen LogP contribution in [-0.2, 0) is 19.4 Å². The molecular formula is C11H17NO4S. The number of piperidine rings is 1. The Labute approximate surface area is 101 Å². The second-order valence-corrected chi connectivity index (χ2v) is 7.02. The summed E-state index contributed by atoms with van der Waals surface area (Å²) < 4.78 is 23.6. The van der Waals surface area contributed by atoms with Crippen LogP contribution in [0.15, 0.2) is 0 Å². The van der Waals surface area contributed by atoms with E-state index in [1.54, 1.807) is 0 Å². The predicted octanol–water partition coefficient (Wildman–Crippen LogP) is 0.145. The Morgan fingerprint density at radius 1 is 1.18 bits per heavy atom. The summed E-state index contributed by atoms with van der Waals surface area (Å²) in [6.45, 7) is 0.757. The van der Waals surface area contributed by atoms with Gasteiger partial charge in [-0.2, -0.15) is 0 Å². The maximum Gasteiger partial charge on any atom is 0.240 e. The van der Waals surface area contributed by atoms with Gasteiger partial charge in [0.05, 0.1) is 5.75 Å². The molecule has 0 aromatic heterocycles. The van der Waals surface area contributed by atoms with Crippen molar-refractivity contribution in [3.8, 4) is 0 Å². The van der Waals surface area contributed by atoms with E-state index in [2.05, 4.69) is 0 Å². The Hall–Kier alpha value is -0.910. The van der Waals surface area contributed by atoms with Gasteiger partial charge in [-0.3, -0.25) is 9.59 Å². The van der Waals surface area contributed by atoms with Crippen molar-refractivity contribution in [2.45, 2.75) is 37.4 Å². The molecule has 0 aromatic rings. The van der Waals surface area contributed by atoms with Crippen LogP contribution in [0.25, 0.3) is 0 Å². The number of ketones is 1. The lowest BCUT2D eigenvalue weighted by Gasteiger charge is -2.31. The largest absolute Gasteiger partial charge is 0.341 e. The van der Waals surface area contributed by atoms with Crippen LogP contribution in [0.4, 0.5) is 0 Å². The first-order valence-electron chi connectivity index (χ1n) is 6.03. The van der Waals surface area contributed by atoms with Crippen molar-refractivity contribution in [3.63, 3.8) is 0 Å². The van der Waals surface area contributed by atoms with Gasteiger partial charge in [0, 0.05) is 25.9 Å². The maximum absolute atomic E-state index is 12.1. The van der Waals surface area contributed by atoms with Gasteiger partial charge >= 0.3 is 0 Å². The lowest BCUT2D eigenvalue weighted by Crippen LogP contribution is -2.48. The Morgan fingerprint density at radius 3 is 2.41 bits per heavy atom. The number of amides is 1. The van der Waals surface area contributed by atoms with E-state index in [4.69, 9.17) is 0 Å². The first kappa shape index (κ1) is 12.5. The fourth-order valence-electron chi connectivity index (χ4n) is 2.41. The first-order valence-corrected chi connectivity index (χ1v) is 7.74. The molecule has 2 rings (SSSR count). The summed E-state index contributed by atoms with van der Waals surface area (Å²) in [5.74, 6) is -0.0198. The molecule has 2 saturated heterocycles. The van der Waals surface area contributed by atoms with Gasteiger partial charge < -0.3 is 4.90 Å². The van der Waals surface area contributed by atoms with Gasteiger partial charge in [-0.15, -0.1) is 0 Å². The number of hydrogen-bond acceptors (Lipinski definition) is 4. The van der Waals surface area contributed by atoms with E-state index >= 15 is 0 Å². The van der Waals surface area contributed by atoms with Crippen LogP contribution >= 0.6 is 0 Å². The molecule has 6 heteroatoms. The Bertz CT molecular complexity index is 419. The molecule has 2 heterocycles. The third kappa shape index (κ3) is 2.68. The Balaban J connectivity index is 2.06. The molecule has 2 aliphatic heterocycles. The molecule has 2 aliphatic rings. The molecule has 0 aromatic carbocycles. The fourth-order valence-corrected chi connectivity index (χ4v) is 4.29. The van der Waals surface area contributed by atoms with Crippen molar-refractivity contribution < 1.29 is 18.0 Å². The lowest BCUT2D eigenvalue weighted by molar-refractivity contribution is -0.134. The highest BCUT2D eigenvalue weighted by Crippen LogP contribution is 2.22. The van der Waals surface area contributed by atoms with Gasteiger partial charge in [0.25, 0.3) is 0 Å². The van der Waals surface area contributed by atoms with Crippen LogP contribution in [0.2, 0.25) is 0 Å². The predicted molar refractivity (Wildman–Crippen MR) is 62.2 cm³/mol. The summed E-state index contributed by atoms with van der Waals surface area (Å²) in [5, 5.41) is -0.857. The molecule has 0 saturated carbocycles. The monoisotopic (exact) mass is 259 g/mol. The molecule has 0 radical (unpaired) electrons. The average molecular weight is 259 g/mol. The number of likely N-dealkylation sites (tertiary alicyclic amines) is 1. The number of rotatable bonds is 1. The van der Waals surface area contributed by atoms with Crippen molar-refractivity contribution in [1.82, 2.24) is 4.90 Å². The molecular weight excluding hydrogens is 242 g/mol. The molecule has 96 valence electrons. The number of sulfone groups is 1. The van der Waals surface area contributed by atoms with E-state index in [1.807, 2.05) is 0 Å². The molecule has 0 aliphatic carbocycles. The standard InChI is InChI=1S/C11H17NO4S/c13-9-4-6-12(7-5-9)11(14)10-3-1-2-8-17(10,15)16/h10H,1-8H2. The van der Waals surface area contributed by atoms with Gasteiger partial charge in [-0.25, -0.2) is 8.42 Å². The molecule has 1 unspecified atom stereocenters. The number of carbonyl (C=O) groups excluding carboxylic acids is 2. The van der Waals surface area contributed by atoms with Gasteiger partial charge in [0.1, 0.15) is 11.0 Å². The zero-order chi connectivity index (χ0) is 12.5. The SMILES string of the molecule is O=C1CCN(C(=O)C2CCCCS2(=O)=O)CC1. The molecule has 1 amide bonds. The van der Waals surface area contributed by atoms with Gasteiger partial charge in [-0.1, -0.05) is 6.42 Å². The van der Waals surface area contributed by atoms with Crippen LogP contribution in [0.5, 0.6) is 0 Å². The van der Waals surface area contributed by atoms with Gasteiger partial charge in [-0.05, 0) is 12.8 Å². The van der Waals surface area contributed by atoms with E-state index in [9.17, 15) is 18.0 Å². The molecule has 0 N–H and O–H groups in total. The van der Waals surface area contributed by atoms with E-state index in [0.717, 1.165) is 6.42 Å². The summed E-state index contributed by atoms with van der Waals surface area (Å²) in [6.07, 6.45) is 2.61. The van der Waals surface area contributed by atoms with Crippen LogP contribution in [0.3, 0.4) is 0 Å². The zero-order valence-electron chi connectivity index (χ0n) is 9.72. The second-order valence-electron chi connectivity index (χ2n) is 4.72. The number of nitrogens with zero attached hydrogens (tertiary/aromatic N) is 1. The van der Waals surface area contributed by atoms with E-state index < -0.39 is 15.1 Å². The first-order chi connectivity index (χ1) is 8.00. The van der Waals surface area contributed by atoms with Crippen molar-refractivity contribution in [1.29, 1.82) is 0 Å². The Kier molecular flexibility index (Phi) is 3.51. The summed E-state index contributed by atoms with van der Waals surface area (Å²) >= 11 is 0. The minimum Gasteiger partial charge on any atom is -0.341 e. The third-order valence-corrected chi connectivity index (χ3v) is 5.65. The normalized spacial score (nSPS) is 29.1. The molecule has 5 nitrogen and oxygen atoms in total. The maximum atomic E-state index is 12.1. The van der Waals surface area contributed by atoms with Crippen molar-refractivity contribution in [2.75, 3.05) is 18.8 Å². The minimum absolute atomic E-state index is 0.121. The zero-order valence-corrected chi connectivity index (χ0v) is 10.5. The summed E-state index contributed by atoms with van der Waals surface area (Å²) in [6, 6.07) is 0. The van der Waals surface area contributed by atoms with E-state index in [-0.39, 0.29) is 17.4 Å². The van der Waals surface area contributed by atoms with Crippen LogP contribution < -0.4 is 0 Å². The van der Waals surface area contributed by atoms with E-state index in [0.29, 0.717) is 38.8 Å². The van der Waals surface area contributed by atoms with Crippen LogP contribution in [-0.4, -0.2) is 49.1 Å². The number of hydrogen-bond donors (Lipinski definition) is 0. The average Bonchev–Trinajstić information content (AvgIpc) is 2.28. The Morgan fingerprint density at radius 2 is 1.82 bits per heavy atom. The lowest BCUT2D eigenvalue weighted by atomic mass is 10.1. The second kappa shape index (κ2) is 4.76. The highest BCUT2D eigenvalue weighted by molar-refractivity contribution is 7.92. The van der Waals surface area contributed by atoms with Crippen molar-refractivity contribution in [3.05, 3.63) is 0 Å². The highest BCUT2D eigenvalue weighted by Gasteiger charge is 2.38. The smallest absolute Gasteiger partial charge is 0.240 e. The molecule has 17 heavy (non-hydrogen) atoms.